The molecule has 6 nitrogen and oxygen atoms in total. The zero-order valence-electron chi connectivity index (χ0n) is 14.6. The van der Waals surface area contributed by atoms with Gasteiger partial charge in [0, 0.05) is 11.6 Å². The van der Waals surface area contributed by atoms with Crippen LogP contribution in [0.25, 0.3) is 11.0 Å². The van der Waals surface area contributed by atoms with E-state index in [4.69, 9.17) is 15.2 Å². The van der Waals surface area contributed by atoms with Gasteiger partial charge in [-0.15, -0.1) is 6.58 Å². The van der Waals surface area contributed by atoms with Gasteiger partial charge in [0.15, 0.2) is 5.79 Å². The van der Waals surface area contributed by atoms with Crippen LogP contribution in [-0.4, -0.2) is 32.0 Å². The van der Waals surface area contributed by atoms with Crippen LogP contribution < -0.4 is 5.73 Å². The molecule has 2 N–H and O–H groups in total. The van der Waals surface area contributed by atoms with Gasteiger partial charge in [-0.2, -0.15) is 0 Å². The molecule has 24 heavy (non-hydrogen) atoms. The van der Waals surface area contributed by atoms with Crippen molar-refractivity contribution in [3.63, 3.8) is 0 Å². The molecular weight excluding hydrogens is 304 g/mol. The quantitative estimate of drug-likeness (QED) is 0.858. The Kier molecular flexibility index (Phi) is 2.98. The maximum atomic E-state index is 6.37. The Balaban J connectivity index is 1.87. The maximum absolute atomic E-state index is 6.37. The van der Waals surface area contributed by atoms with E-state index in [0.717, 1.165) is 17.5 Å². The Morgan fingerprint density at radius 3 is 2.79 bits per heavy atom. The van der Waals surface area contributed by atoms with Crippen molar-refractivity contribution in [2.45, 2.75) is 57.6 Å². The van der Waals surface area contributed by atoms with E-state index >= 15 is 0 Å². The second-order valence-electron chi connectivity index (χ2n) is 7.76. The van der Waals surface area contributed by atoms with Crippen LogP contribution in [-0.2, 0) is 9.47 Å². The average Bonchev–Trinajstić information content (AvgIpc) is 3.10. The first-order valence-electron chi connectivity index (χ1n) is 8.29. The molecule has 0 spiro atoms. The van der Waals surface area contributed by atoms with Crippen molar-refractivity contribution in [2.24, 2.45) is 5.41 Å². The molecule has 4 rings (SSSR count). The first-order valence-corrected chi connectivity index (χ1v) is 8.29. The summed E-state index contributed by atoms with van der Waals surface area (Å²) in [5.74, 6) is -0.130. The standard InChI is InChI=1S/C18H24N4O2/c1-6-17(4)9-12(13-18(17,5)24-16(2,3)23-13)22-8-7-11-14(19)20-10-21-15(11)22/h6-8,10,12-13H,1,9H2,2-5H3,(H2,19,20,21)/t12-,13+,17+,18+/m1/s1. The monoisotopic (exact) mass is 328 g/mol. The van der Waals surface area contributed by atoms with Crippen molar-refractivity contribution in [1.82, 2.24) is 14.5 Å². The Hall–Kier alpha value is -1.92. The summed E-state index contributed by atoms with van der Waals surface area (Å²) in [6.07, 6.45) is 6.29. The summed E-state index contributed by atoms with van der Waals surface area (Å²) in [5, 5.41) is 0.865. The highest BCUT2D eigenvalue weighted by Crippen LogP contribution is 2.60. The van der Waals surface area contributed by atoms with E-state index in [9.17, 15) is 0 Å². The fraction of sp³-hybridized carbons (Fsp3) is 0.556. The molecule has 2 aromatic heterocycles. The minimum Gasteiger partial charge on any atom is -0.383 e. The lowest BCUT2D eigenvalue weighted by Crippen LogP contribution is -2.45. The van der Waals surface area contributed by atoms with Crippen LogP contribution in [0.1, 0.15) is 40.2 Å². The van der Waals surface area contributed by atoms with Gasteiger partial charge in [0.05, 0.1) is 11.4 Å². The summed E-state index contributed by atoms with van der Waals surface area (Å²) >= 11 is 0. The van der Waals surface area contributed by atoms with Crippen molar-refractivity contribution in [2.75, 3.05) is 5.73 Å². The smallest absolute Gasteiger partial charge is 0.164 e. The molecule has 4 atom stereocenters. The lowest BCUT2D eigenvalue weighted by atomic mass is 9.76. The molecule has 2 aliphatic rings. The fourth-order valence-electron chi connectivity index (χ4n) is 4.43. The van der Waals surface area contributed by atoms with Gasteiger partial charge < -0.3 is 19.8 Å². The predicted octanol–water partition coefficient (Wildman–Crippen LogP) is 3.06. The number of nitrogen functional groups attached to an aromatic ring is 1. The largest absolute Gasteiger partial charge is 0.383 e. The summed E-state index contributed by atoms with van der Waals surface area (Å²) in [6, 6.07) is 2.05. The number of rotatable bonds is 2. The van der Waals surface area contributed by atoms with E-state index in [0.29, 0.717) is 5.82 Å². The highest BCUT2D eigenvalue weighted by atomic mass is 16.8. The van der Waals surface area contributed by atoms with E-state index in [1.54, 1.807) is 0 Å². The molecule has 2 aromatic rings. The number of hydrogen-bond acceptors (Lipinski definition) is 5. The van der Waals surface area contributed by atoms with E-state index in [-0.39, 0.29) is 17.6 Å². The van der Waals surface area contributed by atoms with Crippen LogP contribution in [0.3, 0.4) is 0 Å². The molecule has 0 amide bonds. The Labute approximate surface area is 141 Å². The second-order valence-corrected chi connectivity index (χ2v) is 7.76. The molecule has 2 fully saturated rings. The van der Waals surface area contributed by atoms with E-state index < -0.39 is 11.4 Å². The number of ether oxygens (including phenoxy) is 2. The van der Waals surface area contributed by atoms with Crippen LogP contribution >= 0.6 is 0 Å². The van der Waals surface area contributed by atoms with Crippen LogP contribution in [0, 0.1) is 5.41 Å². The molecule has 0 unspecified atom stereocenters. The molecule has 1 aliphatic carbocycles. The molecule has 0 bridgehead atoms. The average molecular weight is 328 g/mol. The number of hydrogen-bond donors (Lipinski definition) is 1. The summed E-state index contributed by atoms with van der Waals surface area (Å²) in [7, 11) is 0. The molecule has 0 aromatic carbocycles. The van der Waals surface area contributed by atoms with Gasteiger partial charge in [-0.05, 0) is 33.3 Å². The number of nitrogens with zero attached hydrogens (tertiary/aromatic N) is 3. The minimum absolute atomic E-state index is 0.0894. The number of anilines is 1. The van der Waals surface area contributed by atoms with Crippen molar-refractivity contribution >= 4 is 16.9 Å². The summed E-state index contributed by atoms with van der Waals surface area (Å²) in [5.41, 5.74) is 6.17. The molecule has 0 radical (unpaired) electrons. The number of fused-ring (bicyclic) bond motifs is 2. The van der Waals surface area contributed by atoms with E-state index in [1.165, 1.54) is 6.33 Å². The topological polar surface area (TPSA) is 75.2 Å². The van der Waals surface area contributed by atoms with Gasteiger partial charge in [0.25, 0.3) is 0 Å². The van der Waals surface area contributed by atoms with Crippen LogP contribution in [0.4, 0.5) is 5.82 Å². The molecule has 6 heteroatoms. The van der Waals surface area contributed by atoms with Crippen molar-refractivity contribution < 1.29 is 9.47 Å². The number of aromatic nitrogens is 3. The first-order chi connectivity index (χ1) is 11.2. The van der Waals surface area contributed by atoms with Gasteiger partial charge in [-0.25, -0.2) is 9.97 Å². The molecule has 128 valence electrons. The second kappa shape index (κ2) is 4.58. The normalized spacial score (nSPS) is 37.7. The molecule has 1 saturated heterocycles. The minimum atomic E-state index is -0.626. The maximum Gasteiger partial charge on any atom is 0.164 e. The lowest BCUT2D eigenvalue weighted by Gasteiger charge is -2.37. The SMILES string of the molecule is C=C[C@@]1(C)C[C@@H](n2ccc3c(N)ncnc32)[C@@H]2OC(C)(C)O[C@@]21C. The van der Waals surface area contributed by atoms with Gasteiger partial charge in [-0.3, -0.25) is 0 Å². The van der Waals surface area contributed by atoms with Crippen molar-refractivity contribution in [3.8, 4) is 0 Å². The molecule has 1 saturated carbocycles. The third kappa shape index (κ3) is 1.84. The summed E-state index contributed by atoms with van der Waals surface area (Å²) in [6.45, 7) is 12.3. The predicted molar refractivity (Wildman–Crippen MR) is 92.3 cm³/mol. The van der Waals surface area contributed by atoms with E-state index in [2.05, 4.69) is 35.0 Å². The third-order valence-electron chi connectivity index (χ3n) is 5.88. The first kappa shape index (κ1) is 15.6. The zero-order valence-corrected chi connectivity index (χ0v) is 14.6. The molecule has 1 aliphatic heterocycles. The highest BCUT2D eigenvalue weighted by molar-refractivity contribution is 5.86. The van der Waals surface area contributed by atoms with Crippen LogP contribution in [0.5, 0.6) is 0 Å². The Morgan fingerprint density at radius 1 is 1.33 bits per heavy atom. The molecule has 3 heterocycles. The highest BCUT2D eigenvalue weighted by Gasteiger charge is 2.66. The fourth-order valence-corrected chi connectivity index (χ4v) is 4.43. The lowest BCUT2D eigenvalue weighted by molar-refractivity contribution is -0.183. The van der Waals surface area contributed by atoms with Crippen LogP contribution in [0.15, 0.2) is 31.2 Å². The Bertz CT molecular complexity index is 830. The number of nitrogens with two attached hydrogens (primary N) is 1. The van der Waals surface area contributed by atoms with Crippen LogP contribution in [0.2, 0.25) is 0 Å². The van der Waals surface area contributed by atoms with Crippen molar-refractivity contribution in [3.05, 3.63) is 31.2 Å². The molecular formula is C18H24N4O2. The van der Waals surface area contributed by atoms with Gasteiger partial charge >= 0.3 is 0 Å². The van der Waals surface area contributed by atoms with Gasteiger partial charge in [0.2, 0.25) is 0 Å². The Morgan fingerprint density at radius 2 is 2.08 bits per heavy atom. The summed E-state index contributed by atoms with van der Waals surface area (Å²) < 4.78 is 14.8. The van der Waals surface area contributed by atoms with Gasteiger partial charge in [-0.1, -0.05) is 13.0 Å². The third-order valence-corrected chi connectivity index (χ3v) is 5.88. The van der Waals surface area contributed by atoms with Gasteiger partial charge in [0.1, 0.15) is 29.5 Å². The summed E-state index contributed by atoms with van der Waals surface area (Å²) in [4.78, 5) is 8.52. The zero-order chi connectivity index (χ0) is 17.3. The van der Waals surface area contributed by atoms with E-state index in [1.807, 2.05) is 32.2 Å². The van der Waals surface area contributed by atoms with Crippen molar-refractivity contribution in [1.29, 1.82) is 0 Å².